The molecule has 170 valence electrons. The topological polar surface area (TPSA) is 143 Å². The molecule has 0 spiro atoms. The summed E-state index contributed by atoms with van der Waals surface area (Å²) in [6.45, 7) is 2.10. The van der Waals surface area contributed by atoms with E-state index in [0.29, 0.717) is 23.4 Å². The van der Waals surface area contributed by atoms with Crippen LogP contribution in [-0.2, 0) is 6.54 Å². The number of para-hydroxylation sites is 1. The minimum Gasteiger partial charge on any atom is -0.508 e. The summed E-state index contributed by atoms with van der Waals surface area (Å²) >= 11 is 0. The van der Waals surface area contributed by atoms with Crippen LogP contribution in [0, 0.1) is 10.1 Å². The van der Waals surface area contributed by atoms with Crippen molar-refractivity contribution in [1.29, 1.82) is 0 Å². The third kappa shape index (κ3) is 3.95. The Labute approximate surface area is 188 Å². The highest BCUT2D eigenvalue weighted by Gasteiger charge is 2.39. The molecule has 1 unspecified atom stereocenters. The zero-order chi connectivity index (χ0) is 23.7. The standard InChI is InChI=1S/C22H21N5O6/c1-3-25-12-17(27(31)32)21(24-25)22(30)26-16(14-6-4-5-7-18(14)28)11-15(23-26)13-8-9-19(29)20(10-13)33-2/h4-10,12,16,28-29H,3,11H2,1-2H3. The maximum absolute atomic E-state index is 13.4. The maximum Gasteiger partial charge on any atom is 0.320 e. The van der Waals surface area contributed by atoms with Crippen molar-refractivity contribution in [2.75, 3.05) is 7.11 Å². The van der Waals surface area contributed by atoms with Crippen molar-refractivity contribution in [1.82, 2.24) is 14.8 Å². The quantitative estimate of drug-likeness (QED) is 0.432. The Hall–Kier alpha value is -4.41. The molecule has 3 aromatic rings. The van der Waals surface area contributed by atoms with Gasteiger partial charge in [0, 0.05) is 24.1 Å². The first-order chi connectivity index (χ1) is 15.8. The van der Waals surface area contributed by atoms with Gasteiger partial charge in [0.05, 0.1) is 23.8 Å². The fourth-order valence-corrected chi connectivity index (χ4v) is 3.71. The van der Waals surface area contributed by atoms with Gasteiger partial charge in [-0.25, -0.2) is 5.01 Å². The van der Waals surface area contributed by atoms with Gasteiger partial charge < -0.3 is 14.9 Å². The number of carbonyl (C=O) groups is 1. The van der Waals surface area contributed by atoms with Gasteiger partial charge in [-0.3, -0.25) is 19.6 Å². The second-order valence-corrected chi connectivity index (χ2v) is 7.34. The summed E-state index contributed by atoms with van der Waals surface area (Å²) in [6.07, 6.45) is 1.42. The normalized spacial score (nSPS) is 15.4. The van der Waals surface area contributed by atoms with E-state index in [1.807, 2.05) is 0 Å². The lowest BCUT2D eigenvalue weighted by Gasteiger charge is -2.21. The average Bonchev–Trinajstić information content (AvgIpc) is 3.44. The summed E-state index contributed by atoms with van der Waals surface area (Å²) < 4.78 is 6.47. The Morgan fingerprint density at radius 1 is 1.24 bits per heavy atom. The summed E-state index contributed by atoms with van der Waals surface area (Å²) in [7, 11) is 1.42. The van der Waals surface area contributed by atoms with E-state index >= 15 is 0 Å². The van der Waals surface area contributed by atoms with E-state index in [2.05, 4.69) is 10.2 Å². The van der Waals surface area contributed by atoms with Crippen LogP contribution in [0.25, 0.3) is 0 Å². The smallest absolute Gasteiger partial charge is 0.320 e. The molecule has 33 heavy (non-hydrogen) atoms. The SMILES string of the molecule is CCn1cc([N+](=O)[O-])c(C(=O)N2N=C(c3ccc(O)c(OC)c3)CC2c2ccccc2O)n1. The molecule has 1 aliphatic heterocycles. The Morgan fingerprint density at radius 2 is 2.00 bits per heavy atom. The van der Waals surface area contributed by atoms with Gasteiger partial charge in [-0.15, -0.1) is 0 Å². The van der Waals surface area contributed by atoms with Crippen LogP contribution in [0.3, 0.4) is 0 Å². The Morgan fingerprint density at radius 3 is 2.67 bits per heavy atom. The van der Waals surface area contributed by atoms with Crippen molar-refractivity contribution in [2.45, 2.75) is 25.9 Å². The summed E-state index contributed by atoms with van der Waals surface area (Å²) in [5, 5.41) is 41.5. The number of methoxy groups -OCH3 is 1. The van der Waals surface area contributed by atoms with E-state index in [0.717, 1.165) is 5.01 Å². The van der Waals surface area contributed by atoms with Gasteiger partial charge in [0.25, 0.3) is 0 Å². The molecule has 1 atom stereocenters. The predicted molar refractivity (Wildman–Crippen MR) is 117 cm³/mol. The number of benzene rings is 2. The van der Waals surface area contributed by atoms with E-state index in [1.165, 1.54) is 30.1 Å². The number of aromatic hydroxyl groups is 2. The summed E-state index contributed by atoms with van der Waals surface area (Å²) in [5.74, 6) is -0.612. The molecule has 11 heteroatoms. The third-order valence-electron chi connectivity index (χ3n) is 5.39. The first-order valence-electron chi connectivity index (χ1n) is 10.1. The van der Waals surface area contributed by atoms with E-state index in [-0.39, 0.29) is 29.4 Å². The molecule has 1 aromatic heterocycles. The van der Waals surface area contributed by atoms with Gasteiger partial charge in [-0.2, -0.15) is 10.2 Å². The zero-order valence-electron chi connectivity index (χ0n) is 17.9. The van der Waals surface area contributed by atoms with Crippen molar-refractivity contribution in [2.24, 2.45) is 5.10 Å². The molecule has 0 bridgehead atoms. The molecule has 11 nitrogen and oxygen atoms in total. The van der Waals surface area contributed by atoms with E-state index in [4.69, 9.17) is 4.74 Å². The zero-order valence-corrected chi connectivity index (χ0v) is 17.9. The summed E-state index contributed by atoms with van der Waals surface area (Å²) in [6, 6.07) is 10.5. The van der Waals surface area contributed by atoms with Crippen LogP contribution in [0.2, 0.25) is 0 Å². The lowest BCUT2D eigenvalue weighted by atomic mass is 9.97. The van der Waals surface area contributed by atoms with Crippen molar-refractivity contribution in [3.63, 3.8) is 0 Å². The average molecular weight is 451 g/mol. The largest absolute Gasteiger partial charge is 0.508 e. The Balaban J connectivity index is 1.81. The molecule has 1 aliphatic rings. The van der Waals surface area contributed by atoms with Gasteiger partial charge >= 0.3 is 11.6 Å². The molecular formula is C22H21N5O6. The first kappa shape index (κ1) is 21.8. The van der Waals surface area contributed by atoms with Gasteiger partial charge in [0.15, 0.2) is 11.5 Å². The fourth-order valence-electron chi connectivity index (χ4n) is 3.71. The number of aromatic nitrogens is 2. The summed E-state index contributed by atoms with van der Waals surface area (Å²) in [5.41, 5.74) is 0.748. The highest BCUT2D eigenvalue weighted by molar-refractivity contribution is 6.05. The molecule has 0 saturated carbocycles. The predicted octanol–water partition coefficient (Wildman–Crippen LogP) is 3.22. The molecular weight excluding hydrogens is 430 g/mol. The second-order valence-electron chi connectivity index (χ2n) is 7.34. The van der Waals surface area contributed by atoms with Crippen LogP contribution in [0.5, 0.6) is 17.2 Å². The van der Waals surface area contributed by atoms with Crippen LogP contribution < -0.4 is 4.74 Å². The molecule has 2 heterocycles. The summed E-state index contributed by atoms with van der Waals surface area (Å²) in [4.78, 5) is 24.3. The van der Waals surface area contributed by atoms with Gasteiger partial charge in [-0.1, -0.05) is 18.2 Å². The number of nitro groups is 1. The van der Waals surface area contributed by atoms with Crippen LogP contribution >= 0.6 is 0 Å². The number of phenols is 2. The van der Waals surface area contributed by atoms with Crippen LogP contribution in [0.4, 0.5) is 5.69 Å². The van der Waals surface area contributed by atoms with Crippen LogP contribution in [0.1, 0.15) is 41.0 Å². The monoisotopic (exact) mass is 451 g/mol. The van der Waals surface area contributed by atoms with Crippen molar-refractivity contribution >= 4 is 17.3 Å². The lowest BCUT2D eigenvalue weighted by Crippen LogP contribution is -2.28. The minimum absolute atomic E-state index is 0.0337. The molecule has 0 aliphatic carbocycles. The first-order valence-corrected chi connectivity index (χ1v) is 10.1. The number of nitrogens with zero attached hydrogens (tertiary/aromatic N) is 5. The lowest BCUT2D eigenvalue weighted by molar-refractivity contribution is -0.385. The van der Waals surface area contributed by atoms with Gasteiger partial charge in [0.1, 0.15) is 11.9 Å². The minimum atomic E-state index is -0.761. The van der Waals surface area contributed by atoms with E-state index in [9.17, 15) is 25.1 Å². The highest BCUT2D eigenvalue weighted by Crippen LogP contribution is 2.39. The van der Waals surface area contributed by atoms with Gasteiger partial charge in [0.2, 0.25) is 5.69 Å². The van der Waals surface area contributed by atoms with Crippen LogP contribution in [-0.4, -0.2) is 48.7 Å². The molecule has 4 rings (SSSR count). The number of ether oxygens (including phenoxy) is 1. The number of carbonyl (C=O) groups excluding carboxylic acids is 1. The van der Waals surface area contributed by atoms with E-state index in [1.54, 1.807) is 37.3 Å². The number of hydrogen-bond donors (Lipinski definition) is 2. The highest BCUT2D eigenvalue weighted by atomic mass is 16.6. The molecule has 2 N–H and O–H groups in total. The number of aryl methyl sites for hydroxylation is 1. The second kappa shape index (κ2) is 8.61. The van der Waals surface area contributed by atoms with Crippen molar-refractivity contribution < 1.29 is 24.7 Å². The Kier molecular flexibility index (Phi) is 5.69. The maximum atomic E-state index is 13.4. The molecule has 1 amide bonds. The number of amides is 1. The van der Waals surface area contributed by atoms with Gasteiger partial charge in [-0.05, 0) is 31.2 Å². The molecule has 2 aromatic carbocycles. The molecule has 0 fully saturated rings. The third-order valence-corrected chi connectivity index (χ3v) is 5.39. The van der Waals surface area contributed by atoms with Crippen molar-refractivity contribution in [3.8, 4) is 17.2 Å². The number of phenolic OH excluding ortho intramolecular Hbond substituents is 2. The Bertz CT molecular complexity index is 1270. The fraction of sp³-hybridized carbons (Fsp3) is 0.227. The number of hydrazone groups is 1. The van der Waals surface area contributed by atoms with E-state index < -0.39 is 22.6 Å². The van der Waals surface area contributed by atoms with Crippen LogP contribution in [0.15, 0.2) is 53.8 Å². The molecule has 0 radical (unpaired) electrons. The van der Waals surface area contributed by atoms with Crippen molar-refractivity contribution in [3.05, 3.63) is 75.6 Å². The molecule has 0 saturated heterocycles. The number of hydrogen-bond acceptors (Lipinski definition) is 8. The number of rotatable bonds is 6.